The highest BCUT2D eigenvalue weighted by Gasteiger charge is 2.11. The second-order valence-corrected chi connectivity index (χ2v) is 8.35. The average Bonchev–Trinajstić information content (AvgIpc) is 3.09. The predicted molar refractivity (Wildman–Crippen MR) is 99.5 cm³/mol. The standard InChI is InChI=1S/C17H15ClN2O3S2/c18-15-5-1-14(2-6-15)12-25(21,22)20-11-13-3-7-16(8-4-13)23-17-19-9-10-24-17/h1-10,20H,11-12H2. The highest BCUT2D eigenvalue weighted by Crippen LogP contribution is 2.23. The number of nitrogens with one attached hydrogen (secondary N) is 1. The largest absolute Gasteiger partial charge is 0.431 e. The molecule has 1 N–H and O–H groups in total. The molecular formula is C17H15ClN2O3S2. The van der Waals surface area contributed by atoms with Gasteiger partial charge in [0.1, 0.15) is 5.75 Å². The van der Waals surface area contributed by atoms with Crippen LogP contribution in [0.5, 0.6) is 10.9 Å². The number of halogens is 1. The van der Waals surface area contributed by atoms with E-state index in [2.05, 4.69) is 9.71 Å². The first-order valence-corrected chi connectivity index (χ1v) is 10.3. The van der Waals surface area contributed by atoms with Crippen LogP contribution in [0.3, 0.4) is 0 Å². The number of rotatable bonds is 7. The van der Waals surface area contributed by atoms with Gasteiger partial charge >= 0.3 is 0 Å². The molecule has 3 aromatic rings. The summed E-state index contributed by atoms with van der Waals surface area (Å²) in [6.45, 7) is 0.216. The number of nitrogens with zero attached hydrogens (tertiary/aromatic N) is 1. The SMILES string of the molecule is O=S(=O)(Cc1ccc(Cl)cc1)NCc1ccc(Oc2nccs2)cc1. The molecule has 0 fully saturated rings. The van der Waals surface area contributed by atoms with Crippen molar-refractivity contribution in [3.8, 4) is 10.9 Å². The molecule has 0 aliphatic rings. The second kappa shape index (κ2) is 7.97. The van der Waals surface area contributed by atoms with Crippen molar-refractivity contribution in [1.82, 2.24) is 9.71 Å². The Morgan fingerprint density at radius 1 is 1.04 bits per heavy atom. The Kier molecular flexibility index (Phi) is 5.70. The predicted octanol–water partition coefficient (Wildman–Crippen LogP) is 4.21. The summed E-state index contributed by atoms with van der Waals surface area (Å²) < 4.78 is 32.5. The van der Waals surface area contributed by atoms with E-state index in [0.29, 0.717) is 21.5 Å². The van der Waals surface area contributed by atoms with Crippen molar-refractivity contribution in [2.45, 2.75) is 12.3 Å². The molecule has 0 saturated heterocycles. The van der Waals surface area contributed by atoms with E-state index in [1.165, 1.54) is 11.3 Å². The molecule has 130 valence electrons. The van der Waals surface area contributed by atoms with Crippen molar-refractivity contribution in [3.63, 3.8) is 0 Å². The molecule has 0 atom stereocenters. The van der Waals surface area contributed by atoms with Crippen molar-refractivity contribution < 1.29 is 13.2 Å². The van der Waals surface area contributed by atoms with Crippen molar-refractivity contribution >= 4 is 33.0 Å². The summed E-state index contributed by atoms with van der Waals surface area (Å²) in [6.07, 6.45) is 1.67. The molecular weight excluding hydrogens is 380 g/mol. The number of aromatic nitrogens is 1. The van der Waals surface area contributed by atoms with Gasteiger partial charge in [-0.1, -0.05) is 47.2 Å². The van der Waals surface area contributed by atoms with E-state index >= 15 is 0 Å². The fourth-order valence-corrected chi connectivity index (χ4v) is 3.83. The molecule has 0 amide bonds. The zero-order valence-electron chi connectivity index (χ0n) is 13.1. The first-order chi connectivity index (χ1) is 12.0. The number of benzene rings is 2. The summed E-state index contributed by atoms with van der Waals surface area (Å²) in [5.74, 6) is 0.567. The van der Waals surface area contributed by atoms with Gasteiger partial charge in [-0.3, -0.25) is 0 Å². The van der Waals surface area contributed by atoms with Crippen LogP contribution in [0.2, 0.25) is 5.02 Å². The summed E-state index contributed by atoms with van der Waals surface area (Å²) in [5.41, 5.74) is 1.52. The van der Waals surface area contributed by atoms with E-state index < -0.39 is 10.0 Å². The minimum Gasteiger partial charge on any atom is -0.431 e. The zero-order valence-corrected chi connectivity index (χ0v) is 15.4. The van der Waals surface area contributed by atoms with Crippen LogP contribution in [0, 0.1) is 0 Å². The molecule has 0 spiro atoms. The maximum Gasteiger partial charge on any atom is 0.278 e. The van der Waals surface area contributed by atoms with Crippen molar-refractivity contribution in [2.24, 2.45) is 0 Å². The van der Waals surface area contributed by atoms with E-state index in [1.807, 2.05) is 17.5 Å². The number of hydrogen-bond donors (Lipinski definition) is 1. The molecule has 25 heavy (non-hydrogen) atoms. The fourth-order valence-electron chi connectivity index (χ4n) is 2.08. The Hall–Kier alpha value is -1.93. The first-order valence-electron chi connectivity index (χ1n) is 7.38. The lowest BCUT2D eigenvalue weighted by molar-refractivity contribution is 0.478. The van der Waals surface area contributed by atoms with Gasteiger partial charge in [0.25, 0.3) is 5.19 Å². The highest BCUT2D eigenvalue weighted by atomic mass is 35.5. The summed E-state index contributed by atoms with van der Waals surface area (Å²) in [4.78, 5) is 4.04. The van der Waals surface area contributed by atoms with Crippen molar-refractivity contribution in [2.75, 3.05) is 0 Å². The molecule has 2 aromatic carbocycles. The minimum absolute atomic E-state index is 0.0879. The topological polar surface area (TPSA) is 68.3 Å². The van der Waals surface area contributed by atoms with Gasteiger partial charge in [0, 0.05) is 23.1 Å². The third-order valence-electron chi connectivity index (χ3n) is 3.30. The molecule has 0 radical (unpaired) electrons. The molecule has 0 saturated carbocycles. The summed E-state index contributed by atoms with van der Waals surface area (Å²) in [6, 6.07) is 13.9. The van der Waals surface area contributed by atoms with E-state index in [-0.39, 0.29) is 12.3 Å². The van der Waals surface area contributed by atoms with Gasteiger partial charge in [-0.15, -0.1) is 0 Å². The lowest BCUT2D eigenvalue weighted by atomic mass is 10.2. The molecule has 8 heteroatoms. The number of sulfonamides is 1. The lowest BCUT2D eigenvalue weighted by Gasteiger charge is -2.08. The summed E-state index contributed by atoms with van der Waals surface area (Å²) in [5, 5.41) is 2.98. The highest BCUT2D eigenvalue weighted by molar-refractivity contribution is 7.88. The lowest BCUT2D eigenvalue weighted by Crippen LogP contribution is -2.24. The Morgan fingerprint density at radius 2 is 1.72 bits per heavy atom. The Morgan fingerprint density at radius 3 is 2.36 bits per heavy atom. The zero-order chi connectivity index (χ0) is 17.7. The molecule has 3 rings (SSSR count). The van der Waals surface area contributed by atoms with Gasteiger partial charge in [0.2, 0.25) is 10.0 Å². The monoisotopic (exact) mass is 394 g/mol. The fraction of sp³-hybridized carbons (Fsp3) is 0.118. The first kappa shape index (κ1) is 17.9. The van der Waals surface area contributed by atoms with Gasteiger partial charge in [-0.2, -0.15) is 0 Å². The molecule has 1 heterocycles. The Balaban J connectivity index is 1.56. The van der Waals surface area contributed by atoms with Crippen molar-refractivity contribution in [1.29, 1.82) is 0 Å². The second-order valence-electron chi connectivity index (χ2n) is 5.25. The Bertz CT molecular complexity index is 910. The third kappa shape index (κ3) is 5.54. The van der Waals surface area contributed by atoms with Crippen LogP contribution in [0.15, 0.2) is 60.1 Å². The van der Waals surface area contributed by atoms with Crippen LogP contribution in [0.25, 0.3) is 0 Å². The van der Waals surface area contributed by atoms with E-state index in [9.17, 15) is 8.42 Å². The van der Waals surface area contributed by atoms with Crippen molar-refractivity contribution in [3.05, 3.63) is 76.3 Å². The minimum atomic E-state index is -3.43. The molecule has 1 aromatic heterocycles. The number of hydrogen-bond acceptors (Lipinski definition) is 5. The molecule has 0 bridgehead atoms. The van der Waals surface area contributed by atoms with E-state index in [0.717, 1.165) is 5.56 Å². The molecule has 0 unspecified atom stereocenters. The van der Waals surface area contributed by atoms with E-state index in [4.69, 9.17) is 16.3 Å². The summed E-state index contributed by atoms with van der Waals surface area (Å²) in [7, 11) is -3.43. The normalized spacial score (nSPS) is 11.4. The van der Waals surface area contributed by atoms with Crippen LogP contribution >= 0.6 is 22.9 Å². The Labute approximate surface area is 155 Å². The quantitative estimate of drug-likeness (QED) is 0.651. The van der Waals surface area contributed by atoms with Gasteiger partial charge in [0.15, 0.2) is 0 Å². The molecule has 5 nitrogen and oxygen atoms in total. The maximum atomic E-state index is 12.2. The number of thiazole rings is 1. The van der Waals surface area contributed by atoms with Gasteiger partial charge in [-0.05, 0) is 35.4 Å². The van der Waals surface area contributed by atoms with E-state index in [1.54, 1.807) is 42.6 Å². The van der Waals surface area contributed by atoms with Gasteiger partial charge < -0.3 is 4.74 Å². The van der Waals surface area contributed by atoms with Crippen LogP contribution in [-0.4, -0.2) is 13.4 Å². The number of ether oxygens (including phenoxy) is 1. The average molecular weight is 395 g/mol. The van der Waals surface area contributed by atoms with Gasteiger partial charge in [0.05, 0.1) is 5.75 Å². The third-order valence-corrected chi connectivity index (χ3v) is 5.50. The summed E-state index contributed by atoms with van der Waals surface area (Å²) >= 11 is 7.21. The maximum absolute atomic E-state index is 12.2. The van der Waals surface area contributed by atoms with Crippen LogP contribution < -0.4 is 9.46 Å². The van der Waals surface area contributed by atoms with Crippen LogP contribution in [-0.2, 0) is 22.3 Å². The van der Waals surface area contributed by atoms with Crippen LogP contribution in [0.1, 0.15) is 11.1 Å². The molecule has 0 aliphatic carbocycles. The van der Waals surface area contributed by atoms with Crippen LogP contribution in [0.4, 0.5) is 0 Å². The smallest absolute Gasteiger partial charge is 0.278 e. The molecule has 0 aliphatic heterocycles. The van der Waals surface area contributed by atoms with Gasteiger partial charge in [-0.25, -0.2) is 18.1 Å².